The van der Waals surface area contributed by atoms with Crippen LogP contribution in [0.25, 0.3) is 0 Å². The normalized spacial score (nSPS) is 14.3. The van der Waals surface area contributed by atoms with Gasteiger partial charge in [0.25, 0.3) is 5.91 Å². The number of carbonyl (C=O) groups is 2. The van der Waals surface area contributed by atoms with Crippen molar-refractivity contribution < 1.29 is 14.4 Å². The first kappa shape index (κ1) is 15.9. The van der Waals surface area contributed by atoms with E-state index in [1.165, 1.54) is 23.9 Å². The van der Waals surface area contributed by atoms with Crippen molar-refractivity contribution in [1.29, 1.82) is 0 Å². The maximum atomic E-state index is 12.2. The zero-order valence-electron chi connectivity index (χ0n) is 12.4. The van der Waals surface area contributed by atoms with Crippen LogP contribution in [0.1, 0.15) is 23.2 Å². The van der Waals surface area contributed by atoms with E-state index in [9.17, 15) is 9.59 Å². The predicted octanol–water partition coefficient (Wildman–Crippen LogP) is 2.03. The molecule has 0 unspecified atom stereocenters. The number of hydroxylamine groups is 2. The Labute approximate surface area is 129 Å². The Morgan fingerprint density at radius 3 is 2.62 bits per heavy atom. The van der Waals surface area contributed by atoms with Crippen LogP contribution < -0.4 is 0 Å². The number of benzene rings is 1. The second-order valence-corrected chi connectivity index (χ2v) is 5.88. The van der Waals surface area contributed by atoms with E-state index in [2.05, 4.69) is 0 Å². The van der Waals surface area contributed by atoms with Gasteiger partial charge in [0.05, 0.1) is 18.4 Å². The summed E-state index contributed by atoms with van der Waals surface area (Å²) >= 11 is 1.40. The van der Waals surface area contributed by atoms with Gasteiger partial charge in [-0.1, -0.05) is 12.1 Å². The van der Waals surface area contributed by atoms with E-state index < -0.39 is 0 Å². The molecule has 0 N–H and O–H groups in total. The summed E-state index contributed by atoms with van der Waals surface area (Å²) in [6.07, 6.45) is 2.17. The fourth-order valence-corrected chi connectivity index (χ4v) is 3.17. The summed E-state index contributed by atoms with van der Waals surface area (Å²) in [5.74, 6) is 0.287. The molecule has 0 aliphatic carbocycles. The van der Waals surface area contributed by atoms with Gasteiger partial charge in [0.1, 0.15) is 0 Å². The summed E-state index contributed by atoms with van der Waals surface area (Å²) in [4.78, 5) is 31.9. The molecule has 0 atom stereocenters. The maximum Gasteiger partial charge on any atom is 0.278 e. The van der Waals surface area contributed by atoms with Crippen molar-refractivity contribution >= 4 is 23.6 Å². The second kappa shape index (κ2) is 7.47. The Bertz CT molecular complexity index is 515. The third-order valence-corrected chi connectivity index (χ3v) is 4.55. The topological polar surface area (TPSA) is 49.9 Å². The van der Waals surface area contributed by atoms with Crippen LogP contribution in [0.2, 0.25) is 0 Å². The minimum Gasteiger partial charge on any atom is -0.342 e. The first-order valence-corrected chi connectivity index (χ1v) is 7.94. The molecular weight excluding hydrogens is 288 g/mol. The number of hydrogen-bond donors (Lipinski definition) is 0. The molecule has 1 heterocycles. The molecule has 1 aromatic rings. The van der Waals surface area contributed by atoms with Gasteiger partial charge in [0.15, 0.2) is 0 Å². The average Bonchev–Trinajstić information content (AvgIpc) is 3.06. The molecule has 0 spiro atoms. The molecule has 0 bridgehead atoms. The SMILES string of the molecule is CON(C)C(=O)c1ccccc1SCC(=O)N1CCCC1. The van der Waals surface area contributed by atoms with Gasteiger partial charge >= 0.3 is 0 Å². The molecule has 114 valence electrons. The van der Waals surface area contributed by atoms with Crippen LogP contribution in [-0.2, 0) is 9.63 Å². The molecule has 0 radical (unpaired) electrons. The summed E-state index contributed by atoms with van der Waals surface area (Å²) in [5, 5.41) is 1.18. The molecule has 2 amide bonds. The minimum atomic E-state index is -0.214. The summed E-state index contributed by atoms with van der Waals surface area (Å²) in [6, 6.07) is 7.29. The van der Waals surface area contributed by atoms with Crippen molar-refractivity contribution in [3.05, 3.63) is 29.8 Å². The van der Waals surface area contributed by atoms with Crippen LogP contribution in [0.3, 0.4) is 0 Å². The highest BCUT2D eigenvalue weighted by Gasteiger charge is 2.20. The van der Waals surface area contributed by atoms with Crippen LogP contribution in [0, 0.1) is 0 Å². The monoisotopic (exact) mass is 308 g/mol. The largest absolute Gasteiger partial charge is 0.342 e. The van der Waals surface area contributed by atoms with Crippen LogP contribution in [-0.4, -0.2) is 54.8 Å². The highest BCUT2D eigenvalue weighted by Crippen LogP contribution is 2.24. The van der Waals surface area contributed by atoms with Gasteiger partial charge in [-0.15, -0.1) is 11.8 Å². The molecule has 21 heavy (non-hydrogen) atoms. The molecule has 2 rings (SSSR count). The molecule has 1 aliphatic rings. The molecule has 6 heteroatoms. The van der Waals surface area contributed by atoms with Crippen LogP contribution in [0.15, 0.2) is 29.2 Å². The third kappa shape index (κ3) is 3.98. The third-order valence-electron chi connectivity index (χ3n) is 3.49. The Morgan fingerprint density at radius 1 is 1.29 bits per heavy atom. The van der Waals surface area contributed by atoms with Crippen molar-refractivity contribution in [2.24, 2.45) is 0 Å². The number of rotatable bonds is 5. The number of amides is 2. The Kier molecular flexibility index (Phi) is 5.64. The molecular formula is C15H20N2O3S. The summed E-state index contributed by atoms with van der Waals surface area (Å²) in [7, 11) is 3.02. The molecule has 1 fully saturated rings. The minimum absolute atomic E-state index is 0.139. The number of thioether (sulfide) groups is 1. The predicted molar refractivity (Wildman–Crippen MR) is 82.1 cm³/mol. The highest BCUT2D eigenvalue weighted by atomic mass is 32.2. The zero-order chi connectivity index (χ0) is 15.2. The van der Waals surface area contributed by atoms with Crippen molar-refractivity contribution in [1.82, 2.24) is 9.96 Å². The molecule has 5 nitrogen and oxygen atoms in total. The smallest absolute Gasteiger partial charge is 0.278 e. The summed E-state index contributed by atoms with van der Waals surface area (Å²) < 4.78 is 0. The lowest BCUT2D eigenvalue weighted by atomic mass is 10.2. The van der Waals surface area contributed by atoms with E-state index in [1.54, 1.807) is 13.1 Å². The molecule has 1 aliphatic heterocycles. The van der Waals surface area contributed by atoms with Gasteiger partial charge in [-0.25, -0.2) is 5.06 Å². The molecule has 1 saturated heterocycles. The quantitative estimate of drug-likeness (QED) is 0.617. The fourth-order valence-electron chi connectivity index (χ4n) is 2.22. The first-order chi connectivity index (χ1) is 10.1. The highest BCUT2D eigenvalue weighted by molar-refractivity contribution is 8.00. The van der Waals surface area contributed by atoms with E-state index in [0.29, 0.717) is 11.3 Å². The van der Waals surface area contributed by atoms with Crippen molar-refractivity contribution in [2.45, 2.75) is 17.7 Å². The Balaban J connectivity index is 2.02. The number of hydrogen-bond acceptors (Lipinski definition) is 4. The van der Waals surface area contributed by atoms with E-state index in [0.717, 1.165) is 30.8 Å². The summed E-state index contributed by atoms with van der Waals surface area (Å²) in [6.45, 7) is 1.71. The van der Waals surface area contributed by atoms with E-state index in [-0.39, 0.29) is 11.8 Å². The summed E-state index contributed by atoms with van der Waals surface area (Å²) in [5.41, 5.74) is 0.557. The van der Waals surface area contributed by atoms with Gasteiger partial charge in [-0.2, -0.15) is 0 Å². The lowest BCUT2D eigenvalue weighted by Crippen LogP contribution is -2.29. The first-order valence-electron chi connectivity index (χ1n) is 6.95. The van der Waals surface area contributed by atoms with Crippen LogP contribution >= 0.6 is 11.8 Å². The van der Waals surface area contributed by atoms with Gasteiger partial charge < -0.3 is 4.90 Å². The van der Waals surface area contributed by atoms with E-state index in [4.69, 9.17) is 4.84 Å². The van der Waals surface area contributed by atoms with Crippen molar-refractivity contribution in [2.75, 3.05) is 33.0 Å². The average molecular weight is 308 g/mol. The Hall–Kier alpha value is -1.53. The second-order valence-electron chi connectivity index (χ2n) is 4.86. The van der Waals surface area contributed by atoms with Crippen molar-refractivity contribution in [3.63, 3.8) is 0 Å². The lowest BCUT2D eigenvalue weighted by molar-refractivity contribution is -0.127. The van der Waals surface area contributed by atoms with Crippen LogP contribution in [0.5, 0.6) is 0 Å². The zero-order valence-corrected chi connectivity index (χ0v) is 13.2. The number of nitrogens with zero attached hydrogens (tertiary/aromatic N) is 2. The standard InChI is InChI=1S/C15H20N2O3S/c1-16(20-2)15(19)12-7-3-4-8-13(12)21-11-14(18)17-9-5-6-10-17/h3-4,7-8H,5-6,9-11H2,1-2H3. The van der Waals surface area contributed by atoms with E-state index >= 15 is 0 Å². The number of likely N-dealkylation sites (tertiary alicyclic amines) is 1. The fraction of sp³-hybridized carbons (Fsp3) is 0.467. The molecule has 0 aromatic heterocycles. The molecule has 1 aromatic carbocycles. The Morgan fingerprint density at radius 2 is 1.95 bits per heavy atom. The number of carbonyl (C=O) groups excluding carboxylic acids is 2. The van der Waals surface area contributed by atoms with Gasteiger partial charge in [-0.3, -0.25) is 14.4 Å². The van der Waals surface area contributed by atoms with Gasteiger partial charge in [0.2, 0.25) is 5.91 Å². The van der Waals surface area contributed by atoms with E-state index in [1.807, 2.05) is 23.1 Å². The molecule has 0 saturated carbocycles. The lowest BCUT2D eigenvalue weighted by Gasteiger charge is -2.17. The van der Waals surface area contributed by atoms with Crippen molar-refractivity contribution in [3.8, 4) is 0 Å². The van der Waals surface area contributed by atoms with Gasteiger partial charge in [0, 0.05) is 25.0 Å². The maximum absolute atomic E-state index is 12.2. The van der Waals surface area contributed by atoms with Gasteiger partial charge in [-0.05, 0) is 25.0 Å². The van der Waals surface area contributed by atoms with Crippen LogP contribution in [0.4, 0.5) is 0 Å².